The van der Waals surface area contributed by atoms with Gasteiger partial charge in [-0.15, -0.1) is 0 Å². The topological polar surface area (TPSA) is 237 Å². The summed E-state index contributed by atoms with van der Waals surface area (Å²) in [6, 6.07) is 0. The van der Waals surface area contributed by atoms with E-state index in [0.717, 1.165) is 120 Å². The van der Waals surface area contributed by atoms with E-state index in [2.05, 4.69) is 55.4 Å². The number of rotatable bonds is 69. The number of carbonyl (C=O) groups excluding carboxylic acids is 4. The SMILES string of the molecule is CCC(C)CCCCCCCCCCCCC(=O)OC[C@H](COP(=O)(O)OC[C@@H](O)COP(=O)(O)OC[C@@H](COC(=O)CCCCCCCCC(C)CC)OC(=O)CCCCCCCCCCCCCCCCC(C)C)OC(=O)CCCCCCCCC(C)CC. The van der Waals surface area contributed by atoms with Crippen molar-refractivity contribution < 1.29 is 80.2 Å². The van der Waals surface area contributed by atoms with E-state index in [9.17, 15) is 43.2 Å². The summed E-state index contributed by atoms with van der Waals surface area (Å²) in [4.78, 5) is 72.6. The average Bonchev–Trinajstić information content (AvgIpc) is 2.74. The third-order valence-electron chi connectivity index (χ3n) is 17.7. The zero-order valence-electron chi connectivity index (χ0n) is 59.5. The predicted molar refractivity (Wildman–Crippen MR) is 367 cm³/mol. The minimum atomic E-state index is -4.95. The van der Waals surface area contributed by atoms with E-state index in [1.54, 1.807) is 0 Å². The maximum absolute atomic E-state index is 13.0. The number of carbonyl (C=O) groups is 4. The van der Waals surface area contributed by atoms with Gasteiger partial charge in [0.25, 0.3) is 0 Å². The molecule has 0 aromatic carbocycles. The molecule has 0 bridgehead atoms. The summed E-state index contributed by atoms with van der Waals surface area (Å²) in [6.07, 6.45) is 44.4. The second-order valence-electron chi connectivity index (χ2n) is 27.2. The van der Waals surface area contributed by atoms with Crippen LogP contribution in [0.2, 0.25) is 0 Å². The Labute approximate surface area is 556 Å². The predicted octanol–water partition coefficient (Wildman–Crippen LogP) is 20.5. The highest BCUT2D eigenvalue weighted by molar-refractivity contribution is 7.47. The molecular formula is C72H140O17P2. The lowest BCUT2D eigenvalue weighted by molar-refractivity contribution is -0.161. The molecule has 8 atom stereocenters. The molecule has 0 amide bonds. The first-order valence-electron chi connectivity index (χ1n) is 37.3. The summed E-state index contributed by atoms with van der Waals surface area (Å²) in [5.41, 5.74) is 0. The van der Waals surface area contributed by atoms with Crippen molar-refractivity contribution in [3.8, 4) is 0 Å². The molecule has 540 valence electrons. The van der Waals surface area contributed by atoms with Crippen molar-refractivity contribution in [2.24, 2.45) is 23.7 Å². The lowest BCUT2D eigenvalue weighted by atomic mass is 9.99. The van der Waals surface area contributed by atoms with Gasteiger partial charge in [-0.25, -0.2) is 9.13 Å². The van der Waals surface area contributed by atoms with E-state index in [-0.39, 0.29) is 25.7 Å². The molecule has 0 aliphatic heterocycles. The van der Waals surface area contributed by atoms with Crippen LogP contribution in [0.3, 0.4) is 0 Å². The number of aliphatic hydroxyl groups is 1. The van der Waals surface area contributed by atoms with E-state index in [0.29, 0.717) is 25.7 Å². The molecule has 0 heterocycles. The normalized spacial score (nSPS) is 15.1. The Morgan fingerprint density at radius 1 is 0.308 bits per heavy atom. The average molecular weight is 1340 g/mol. The molecule has 91 heavy (non-hydrogen) atoms. The second kappa shape index (κ2) is 61.6. The Bertz CT molecular complexity index is 1800. The molecule has 0 spiro atoms. The van der Waals surface area contributed by atoms with Gasteiger partial charge in [0, 0.05) is 25.7 Å². The van der Waals surface area contributed by atoms with Crippen LogP contribution in [0.4, 0.5) is 0 Å². The van der Waals surface area contributed by atoms with E-state index in [1.165, 1.54) is 154 Å². The largest absolute Gasteiger partial charge is 0.472 e. The van der Waals surface area contributed by atoms with Gasteiger partial charge < -0.3 is 33.8 Å². The number of hydrogen-bond donors (Lipinski definition) is 3. The summed E-state index contributed by atoms with van der Waals surface area (Å²) < 4.78 is 68.3. The Balaban J connectivity index is 5.23. The molecule has 5 unspecified atom stereocenters. The number of hydrogen-bond acceptors (Lipinski definition) is 15. The molecule has 0 saturated carbocycles. The first kappa shape index (κ1) is 89.1. The maximum Gasteiger partial charge on any atom is 0.472 e. The van der Waals surface area contributed by atoms with Gasteiger partial charge in [-0.05, 0) is 49.4 Å². The van der Waals surface area contributed by atoms with E-state index >= 15 is 0 Å². The van der Waals surface area contributed by atoms with Gasteiger partial charge in [-0.2, -0.15) is 0 Å². The molecule has 0 aromatic heterocycles. The van der Waals surface area contributed by atoms with Gasteiger partial charge in [-0.3, -0.25) is 37.3 Å². The van der Waals surface area contributed by atoms with Gasteiger partial charge in [0.15, 0.2) is 12.2 Å². The highest BCUT2D eigenvalue weighted by Crippen LogP contribution is 2.45. The van der Waals surface area contributed by atoms with Crippen molar-refractivity contribution in [2.45, 2.75) is 375 Å². The molecule has 0 rings (SSSR count). The highest BCUT2D eigenvalue weighted by atomic mass is 31.2. The van der Waals surface area contributed by atoms with Crippen LogP contribution < -0.4 is 0 Å². The van der Waals surface area contributed by atoms with Crippen molar-refractivity contribution >= 4 is 39.5 Å². The summed E-state index contributed by atoms with van der Waals surface area (Å²) in [7, 11) is -9.91. The van der Waals surface area contributed by atoms with E-state index < -0.39 is 97.5 Å². The fourth-order valence-corrected chi connectivity index (χ4v) is 12.3. The first-order valence-corrected chi connectivity index (χ1v) is 40.3. The van der Waals surface area contributed by atoms with E-state index in [1.807, 2.05) is 0 Å². The molecule has 0 radical (unpaired) electrons. The molecular weight excluding hydrogens is 1200 g/mol. The standard InChI is InChI=1S/C72H140O17P2/c1-9-63(6)49-41-33-25-21-18-19-22-26-36-44-52-69(74)82-58-68(89-72(77)55-47-39-31-29-35-43-51-65(8)11-3)61-87-91(80,81)85-57-66(73)56-84-90(78,79)86-60-67(59-83-70(75)53-45-37-30-28-34-42-50-64(7)10-2)88-71(76)54-46-38-27-23-17-15-13-12-14-16-20-24-32-40-48-62(4)5/h62-68,73H,9-61H2,1-8H3,(H,78,79)(H,80,81)/t63?,64?,65?,66-,67+,68+/m0/s1. The minimum absolute atomic E-state index is 0.102. The monoisotopic (exact) mass is 1340 g/mol. The molecule has 0 aliphatic carbocycles. The summed E-state index contributed by atoms with van der Waals surface area (Å²) in [5, 5.41) is 10.6. The molecule has 0 aromatic rings. The lowest BCUT2D eigenvalue weighted by Crippen LogP contribution is -2.30. The molecule has 0 fully saturated rings. The van der Waals surface area contributed by atoms with E-state index in [4.69, 9.17) is 37.0 Å². The van der Waals surface area contributed by atoms with Crippen molar-refractivity contribution in [3.05, 3.63) is 0 Å². The zero-order chi connectivity index (χ0) is 67.5. The maximum atomic E-state index is 13.0. The number of unbranched alkanes of at least 4 members (excludes halogenated alkanes) is 32. The second-order valence-corrected chi connectivity index (χ2v) is 30.1. The van der Waals surface area contributed by atoms with Crippen LogP contribution in [0, 0.1) is 23.7 Å². The fraction of sp³-hybridized carbons (Fsp3) is 0.944. The Morgan fingerprint density at radius 2 is 0.527 bits per heavy atom. The summed E-state index contributed by atoms with van der Waals surface area (Å²) in [5.74, 6) is 0.926. The van der Waals surface area contributed by atoms with Crippen LogP contribution in [-0.4, -0.2) is 96.7 Å². The number of ether oxygens (including phenoxy) is 4. The van der Waals surface area contributed by atoms with Crippen LogP contribution in [0.5, 0.6) is 0 Å². The van der Waals surface area contributed by atoms with Crippen LogP contribution >= 0.6 is 15.6 Å². The van der Waals surface area contributed by atoms with Crippen molar-refractivity contribution in [2.75, 3.05) is 39.6 Å². The lowest BCUT2D eigenvalue weighted by Gasteiger charge is -2.21. The summed E-state index contributed by atoms with van der Waals surface area (Å²) in [6.45, 7) is 14.1. The minimum Gasteiger partial charge on any atom is -0.462 e. The third kappa shape index (κ3) is 62.6. The molecule has 3 N–H and O–H groups in total. The van der Waals surface area contributed by atoms with Gasteiger partial charge >= 0.3 is 39.5 Å². The quantitative estimate of drug-likeness (QED) is 0.0222. The van der Waals surface area contributed by atoms with Crippen molar-refractivity contribution in [1.29, 1.82) is 0 Å². The van der Waals surface area contributed by atoms with Crippen LogP contribution in [0.15, 0.2) is 0 Å². The van der Waals surface area contributed by atoms with Crippen molar-refractivity contribution in [3.63, 3.8) is 0 Å². The number of aliphatic hydroxyl groups excluding tert-OH is 1. The number of phosphoric ester groups is 2. The van der Waals surface area contributed by atoms with Gasteiger partial charge in [0.05, 0.1) is 26.4 Å². The number of esters is 4. The van der Waals surface area contributed by atoms with Crippen LogP contribution in [-0.2, 0) is 65.4 Å². The summed E-state index contributed by atoms with van der Waals surface area (Å²) >= 11 is 0. The fourth-order valence-electron chi connectivity index (χ4n) is 10.7. The molecule has 0 aliphatic rings. The molecule has 0 saturated heterocycles. The van der Waals surface area contributed by atoms with Gasteiger partial charge in [0.1, 0.15) is 19.3 Å². The molecule has 17 nitrogen and oxygen atoms in total. The smallest absolute Gasteiger partial charge is 0.462 e. The Kier molecular flexibility index (Phi) is 60.3. The van der Waals surface area contributed by atoms with Gasteiger partial charge in [-0.1, -0.05) is 306 Å². The Morgan fingerprint density at radius 3 is 0.780 bits per heavy atom. The van der Waals surface area contributed by atoms with Crippen LogP contribution in [0.1, 0.15) is 357 Å². The van der Waals surface area contributed by atoms with Gasteiger partial charge in [0.2, 0.25) is 0 Å². The Hall–Kier alpha value is -1.94. The highest BCUT2D eigenvalue weighted by Gasteiger charge is 2.30. The number of phosphoric acid groups is 2. The molecule has 19 heteroatoms. The zero-order valence-corrected chi connectivity index (χ0v) is 61.3. The van der Waals surface area contributed by atoms with Crippen LogP contribution in [0.25, 0.3) is 0 Å². The third-order valence-corrected chi connectivity index (χ3v) is 19.6. The van der Waals surface area contributed by atoms with Crippen molar-refractivity contribution in [1.82, 2.24) is 0 Å². The first-order chi connectivity index (χ1) is 43.7.